The van der Waals surface area contributed by atoms with Crippen LogP contribution in [0.25, 0.3) is 0 Å². The Bertz CT molecular complexity index is 940. The molecule has 1 aliphatic heterocycles. The summed E-state index contributed by atoms with van der Waals surface area (Å²) in [5.41, 5.74) is 1.93. The summed E-state index contributed by atoms with van der Waals surface area (Å²) in [6, 6.07) is 19.7. The first kappa shape index (κ1) is 20.9. The van der Waals surface area contributed by atoms with Crippen LogP contribution in [0.5, 0.6) is 5.75 Å². The van der Waals surface area contributed by atoms with Crippen molar-refractivity contribution in [2.45, 2.75) is 25.4 Å². The predicted molar refractivity (Wildman–Crippen MR) is 121 cm³/mol. The molecule has 0 saturated carbocycles. The van der Waals surface area contributed by atoms with Crippen LogP contribution >= 0.6 is 0 Å². The van der Waals surface area contributed by atoms with Crippen molar-refractivity contribution in [3.05, 3.63) is 78.6 Å². The van der Waals surface area contributed by atoms with E-state index in [-0.39, 0.29) is 12.1 Å². The van der Waals surface area contributed by atoms with Gasteiger partial charge in [0, 0.05) is 30.7 Å². The van der Waals surface area contributed by atoms with Gasteiger partial charge in [-0.3, -0.25) is 9.58 Å². The highest BCUT2D eigenvalue weighted by atomic mass is 16.5. The van der Waals surface area contributed by atoms with Gasteiger partial charge in [-0.15, -0.1) is 0 Å². The highest BCUT2D eigenvalue weighted by molar-refractivity contribution is 5.89. The number of hydrogen-bond acceptors (Lipinski definition) is 4. The molecule has 1 saturated heterocycles. The van der Waals surface area contributed by atoms with Crippen LogP contribution in [0.2, 0.25) is 0 Å². The number of hydrogen-bond donors (Lipinski definition) is 2. The smallest absolute Gasteiger partial charge is 0.319 e. The van der Waals surface area contributed by atoms with E-state index in [4.69, 9.17) is 4.74 Å². The second kappa shape index (κ2) is 10.6. The van der Waals surface area contributed by atoms with Crippen LogP contribution in [-0.2, 0) is 6.54 Å². The number of aromatic nitrogens is 2. The zero-order valence-electron chi connectivity index (χ0n) is 17.6. The zero-order chi connectivity index (χ0) is 21.3. The standard InChI is InChI=1S/C24H29N5O2/c30-24(25-19-23(28-13-4-5-14-28)20-8-2-1-3-9-20)27-21-10-6-11-22(18-21)31-17-16-29-15-7-12-26-29/h1-3,6-12,15,18,23H,4-5,13-14,16-17,19H2,(H2,25,27,30). The zero-order valence-corrected chi connectivity index (χ0v) is 17.6. The Morgan fingerprint density at radius 2 is 1.90 bits per heavy atom. The summed E-state index contributed by atoms with van der Waals surface area (Å²) in [6.07, 6.45) is 6.07. The van der Waals surface area contributed by atoms with E-state index in [1.165, 1.54) is 18.4 Å². The number of rotatable bonds is 9. The summed E-state index contributed by atoms with van der Waals surface area (Å²) in [5, 5.41) is 10.1. The second-order valence-electron chi connectivity index (χ2n) is 7.65. The molecular weight excluding hydrogens is 390 g/mol. The molecule has 162 valence electrons. The van der Waals surface area contributed by atoms with Gasteiger partial charge >= 0.3 is 6.03 Å². The number of amides is 2. The molecule has 2 heterocycles. The molecule has 0 spiro atoms. The number of nitrogens with zero attached hydrogens (tertiary/aromatic N) is 3. The number of ether oxygens (including phenoxy) is 1. The Balaban J connectivity index is 1.29. The maximum atomic E-state index is 12.6. The fourth-order valence-corrected chi connectivity index (χ4v) is 3.90. The van der Waals surface area contributed by atoms with Crippen LogP contribution in [0, 0.1) is 0 Å². The van der Waals surface area contributed by atoms with Crippen LogP contribution in [0.4, 0.5) is 10.5 Å². The lowest BCUT2D eigenvalue weighted by Crippen LogP contribution is -2.38. The highest BCUT2D eigenvalue weighted by Gasteiger charge is 2.23. The fourth-order valence-electron chi connectivity index (χ4n) is 3.90. The van der Waals surface area contributed by atoms with Gasteiger partial charge in [0.2, 0.25) is 0 Å². The Kier molecular flexibility index (Phi) is 7.18. The fraction of sp³-hybridized carbons (Fsp3) is 0.333. The van der Waals surface area contributed by atoms with E-state index in [1.807, 2.05) is 47.3 Å². The third kappa shape index (κ3) is 6.08. The van der Waals surface area contributed by atoms with Gasteiger partial charge in [0.1, 0.15) is 12.4 Å². The van der Waals surface area contributed by atoms with Crippen LogP contribution in [0.1, 0.15) is 24.4 Å². The topological polar surface area (TPSA) is 71.4 Å². The van der Waals surface area contributed by atoms with Gasteiger partial charge < -0.3 is 15.4 Å². The molecule has 3 aromatic rings. The van der Waals surface area contributed by atoms with Gasteiger partial charge in [-0.05, 0) is 49.7 Å². The van der Waals surface area contributed by atoms with Crippen molar-refractivity contribution in [2.75, 3.05) is 31.6 Å². The van der Waals surface area contributed by atoms with Crippen molar-refractivity contribution in [3.8, 4) is 5.75 Å². The lowest BCUT2D eigenvalue weighted by atomic mass is 10.1. The third-order valence-corrected chi connectivity index (χ3v) is 5.46. The van der Waals surface area contributed by atoms with Crippen LogP contribution in [0.15, 0.2) is 73.1 Å². The molecule has 31 heavy (non-hydrogen) atoms. The molecule has 0 radical (unpaired) electrons. The van der Waals surface area contributed by atoms with Crippen molar-refractivity contribution in [2.24, 2.45) is 0 Å². The summed E-state index contributed by atoms with van der Waals surface area (Å²) in [5.74, 6) is 0.712. The quantitative estimate of drug-likeness (QED) is 0.551. The normalized spacial score (nSPS) is 14.8. The molecule has 0 aliphatic carbocycles. The van der Waals surface area contributed by atoms with Crippen molar-refractivity contribution in [3.63, 3.8) is 0 Å². The number of anilines is 1. The van der Waals surface area contributed by atoms with E-state index < -0.39 is 0 Å². The maximum Gasteiger partial charge on any atom is 0.319 e. The molecule has 2 aromatic carbocycles. The Labute approximate surface area is 183 Å². The first-order chi connectivity index (χ1) is 15.3. The molecule has 2 N–H and O–H groups in total. The van der Waals surface area contributed by atoms with E-state index in [1.54, 1.807) is 6.20 Å². The lowest BCUT2D eigenvalue weighted by molar-refractivity contribution is 0.227. The van der Waals surface area contributed by atoms with Crippen LogP contribution in [0.3, 0.4) is 0 Å². The summed E-state index contributed by atoms with van der Waals surface area (Å²) < 4.78 is 7.60. The number of benzene rings is 2. The van der Waals surface area contributed by atoms with Gasteiger partial charge in [0.05, 0.1) is 12.6 Å². The van der Waals surface area contributed by atoms with Crippen molar-refractivity contribution < 1.29 is 9.53 Å². The molecule has 1 aliphatic rings. The molecule has 7 heteroatoms. The van der Waals surface area contributed by atoms with Crippen molar-refractivity contribution >= 4 is 11.7 Å². The summed E-state index contributed by atoms with van der Waals surface area (Å²) >= 11 is 0. The van der Waals surface area contributed by atoms with E-state index in [2.05, 4.69) is 44.9 Å². The molecule has 7 nitrogen and oxygen atoms in total. The summed E-state index contributed by atoms with van der Waals surface area (Å²) in [4.78, 5) is 15.0. The van der Waals surface area contributed by atoms with Crippen LogP contribution < -0.4 is 15.4 Å². The number of carbonyl (C=O) groups is 1. The summed E-state index contributed by atoms with van der Waals surface area (Å²) in [7, 11) is 0. The Hall–Kier alpha value is -3.32. The molecule has 0 bridgehead atoms. The van der Waals surface area contributed by atoms with Crippen molar-refractivity contribution in [1.82, 2.24) is 20.0 Å². The third-order valence-electron chi connectivity index (χ3n) is 5.46. The monoisotopic (exact) mass is 419 g/mol. The average Bonchev–Trinajstić information content (AvgIpc) is 3.50. The number of nitrogens with one attached hydrogen (secondary N) is 2. The van der Waals surface area contributed by atoms with E-state index in [0.717, 1.165) is 13.1 Å². The maximum absolute atomic E-state index is 12.6. The predicted octanol–water partition coefficient (Wildman–Crippen LogP) is 3.92. The van der Waals surface area contributed by atoms with Gasteiger partial charge in [-0.25, -0.2) is 4.79 Å². The number of urea groups is 1. The van der Waals surface area contributed by atoms with Gasteiger partial charge in [-0.1, -0.05) is 36.4 Å². The van der Waals surface area contributed by atoms with Gasteiger partial charge in [-0.2, -0.15) is 5.10 Å². The Morgan fingerprint density at radius 3 is 2.68 bits per heavy atom. The molecule has 2 amide bonds. The molecular formula is C24H29N5O2. The van der Waals surface area contributed by atoms with Crippen molar-refractivity contribution in [1.29, 1.82) is 0 Å². The minimum atomic E-state index is -0.214. The minimum absolute atomic E-state index is 0.186. The van der Waals surface area contributed by atoms with Crippen LogP contribution in [-0.4, -0.2) is 47.0 Å². The number of carbonyl (C=O) groups excluding carboxylic acids is 1. The lowest BCUT2D eigenvalue weighted by Gasteiger charge is -2.28. The second-order valence-corrected chi connectivity index (χ2v) is 7.65. The Morgan fingerprint density at radius 1 is 1.06 bits per heavy atom. The molecule has 1 aromatic heterocycles. The SMILES string of the molecule is O=C(NCC(c1ccccc1)N1CCCC1)Nc1cccc(OCCn2cccn2)c1. The molecule has 1 atom stereocenters. The molecule has 1 unspecified atom stereocenters. The van der Waals surface area contributed by atoms with Gasteiger partial charge in [0.25, 0.3) is 0 Å². The average molecular weight is 420 g/mol. The van der Waals surface area contributed by atoms with E-state index >= 15 is 0 Å². The summed E-state index contributed by atoms with van der Waals surface area (Å²) in [6.45, 7) is 3.88. The largest absolute Gasteiger partial charge is 0.492 e. The first-order valence-corrected chi connectivity index (χ1v) is 10.8. The highest BCUT2D eigenvalue weighted by Crippen LogP contribution is 2.24. The first-order valence-electron chi connectivity index (χ1n) is 10.8. The molecule has 1 fully saturated rings. The van der Waals surface area contributed by atoms with E-state index in [0.29, 0.717) is 31.1 Å². The minimum Gasteiger partial charge on any atom is -0.492 e. The number of likely N-dealkylation sites (tertiary alicyclic amines) is 1. The van der Waals surface area contributed by atoms with E-state index in [9.17, 15) is 4.79 Å². The molecule has 4 rings (SSSR count). The van der Waals surface area contributed by atoms with Gasteiger partial charge in [0.15, 0.2) is 0 Å².